The number of para-hydroxylation sites is 1. The number of fused-ring (bicyclic) bond motifs is 1. The Morgan fingerprint density at radius 1 is 0.369 bits per heavy atom. The van der Waals surface area contributed by atoms with Crippen molar-refractivity contribution in [2.75, 3.05) is 60.4 Å². The number of hydrogen-bond acceptors (Lipinski definition) is 20. The normalized spacial score (nSPS) is 15.0. The Morgan fingerprint density at radius 2 is 0.723 bits per heavy atom. The van der Waals surface area contributed by atoms with Crippen LogP contribution in [0.2, 0.25) is 0 Å². The molecule has 27 N–H and O–H groups in total. The molecule has 130 heavy (non-hydrogen) atoms. The zero-order valence-corrected chi connectivity index (χ0v) is 80.6. The van der Waals surface area contributed by atoms with Crippen molar-refractivity contribution < 1.29 is 88.8 Å². The number of primary amides is 1. The first-order valence-corrected chi connectivity index (χ1v) is 46.3. The lowest BCUT2D eigenvalue weighted by molar-refractivity contribution is -0.870. The first-order chi connectivity index (χ1) is 60.9. The molecule has 0 saturated heterocycles. The van der Waals surface area contributed by atoms with Crippen LogP contribution in [-0.4, -0.2) is 243 Å². The number of carbonyl (C=O) groups excluding carboxylic acids is 15. The Balaban J connectivity index is 0.0000572. The van der Waals surface area contributed by atoms with E-state index in [1.807, 2.05) is 87.0 Å². The Bertz CT molecular complexity index is 4030. The quantitative estimate of drug-likeness (QED) is 0.0217. The van der Waals surface area contributed by atoms with E-state index in [0.717, 1.165) is 10.9 Å². The maximum absolute atomic E-state index is 15.1. The van der Waals surface area contributed by atoms with Crippen molar-refractivity contribution in [1.82, 2.24) is 79.4 Å². The van der Waals surface area contributed by atoms with Gasteiger partial charge in [-0.2, -0.15) is 0 Å². The summed E-state index contributed by atoms with van der Waals surface area (Å²) in [5.41, 5.74) is 37.5. The SMILES string of the molecule is CC[C@H](C)[C@H](NC(=O)[C@H](CCCC[N+](C)(C)C)NC(=O)[C@H](CCCCN)NC(=O)[C@H](Cc1ccccc1)NC(=O)[C@H](CC(C)C)NC(=O)[C@H](CCCCN)NC(=O)[C@H](Cc1c[nH]c2ccccc12)NC(=O)[C@@H](N)CCCCN)C(=O)NCC(=O)N[C@@H](C)C(=O)N[C@H](C(=O)N[C@@H](CC(C)C)C(=O)N[C@@H](CCCCN)C(=O)N[C@H](C(=O)N[C@@H](CC(C)C)C(N)=O)C(C)C)C(C)C.[Cl-]. The van der Waals surface area contributed by atoms with E-state index in [-0.39, 0.29) is 101 Å². The summed E-state index contributed by atoms with van der Waals surface area (Å²) >= 11 is 0. The zero-order valence-electron chi connectivity index (χ0n) is 79.8. The number of hydrogen-bond donors (Lipinski definition) is 21. The lowest BCUT2D eigenvalue weighted by atomic mass is 9.97. The highest BCUT2D eigenvalue weighted by atomic mass is 35.5. The largest absolute Gasteiger partial charge is 1.00 e. The number of aromatic nitrogens is 1. The summed E-state index contributed by atoms with van der Waals surface area (Å²) in [6.45, 7) is 23.9. The number of quaternary nitrogens is 1. The molecule has 734 valence electrons. The van der Waals surface area contributed by atoms with Crippen LogP contribution in [0.1, 0.15) is 223 Å². The van der Waals surface area contributed by atoms with Crippen molar-refractivity contribution in [3.05, 3.63) is 71.9 Å². The van der Waals surface area contributed by atoms with Gasteiger partial charge in [-0.05, 0) is 195 Å². The van der Waals surface area contributed by atoms with Gasteiger partial charge < -0.3 is 131 Å². The molecule has 15 atom stereocenters. The molecule has 38 heteroatoms. The van der Waals surface area contributed by atoms with Crippen LogP contribution in [0, 0.1) is 35.5 Å². The Hall–Kier alpha value is -9.92. The smallest absolute Gasteiger partial charge is 0.243 e. The number of unbranched alkanes of at least 4 members (excludes halogenated alkanes) is 5. The van der Waals surface area contributed by atoms with E-state index in [9.17, 15) is 57.5 Å². The summed E-state index contributed by atoms with van der Waals surface area (Å²) < 4.78 is 0.585. The first kappa shape index (κ1) is 116. The molecule has 1 aromatic heterocycles. The number of carbonyl (C=O) groups is 15. The second-order valence-corrected chi connectivity index (χ2v) is 37.2. The summed E-state index contributed by atoms with van der Waals surface area (Å²) in [5.74, 6) is -13.0. The van der Waals surface area contributed by atoms with E-state index in [4.69, 9.17) is 34.4 Å². The third-order valence-electron chi connectivity index (χ3n) is 22.4. The standard InChI is InChI=1S/C92H158N22O15.ClH/c1-17-59(12)78(90(127)100-53-75(115)101-60(13)80(117)111-76(57(8)9)92(129)110-72(49-56(6)7)86(123)105-68(40-26-31-45-96)84(121)112-77(58(10)11)91(128)106-70(79(98)116)47-54(2)3)113-85(122)69(41-27-32-46-114(14,15)16)102-82(119)66(38-24-29-43-94)103-88(125)73(50-61-33-19-18-20-34-61)109-87(124)71(48-55(4)5)108-83(120)67(39-25-30-44-95)104-89(126)74(107-81(118)64(97)36-23-28-42-93)51-62-52-99-65-37-22-21-35-63(62)65;/h18-22,33-35,37,52,54-60,64,66-74,76-78,99H,17,23-32,36,38-51,53,93-97H2,1-16H3,(H15-,98,100,101,102,103,104,105,106,107,108,109,110,111,112,113,115,116,117,118,119,120,121,122,123,124,125,126,127,128,129);1H/t59-,60-,64-,66-,67-,68-,69-,70-,71-,72-,73-,74-,76-,77-,78-;/m0./s1. The minimum Gasteiger partial charge on any atom is -1.00 e. The lowest BCUT2D eigenvalue weighted by Gasteiger charge is -2.29. The van der Waals surface area contributed by atoms with E-state index in [1.165, 1.54) is 6.92 Å². The van der Waals surface area contributed by atoms with Crippen LogP contribution in [-0.2, 0) is 84.8 Å². The predicted molar refractivity (Wildman–Crippen MR) is 499 cm³/mol. The van der Waals surface area contributed by atoms with Crippen molar-refractivity contribution >= 4 is 99.5 Å². The van der Waals surface area contributed by atoms with Gasteiger partial charge in [-0.3, -0.25) is 71.9 Å². The van der Waals surface area contributed by atoms with E-state index < -0.39 is 197 Å². The summed E-state index contributed by atoms with van der Waals surface area (Å²) in [6.07, 6.45) is 7.84. The molecule has 0 aliphatic heterocycles. The maximum Gasteiger partial charge on any atom is 0.243 e. The van der Waals surface area contributed by atoms with Gasteiger partial charge in [0.1, 0.15) is 78.5 Å². The number of nitrogens with zero attached hydrogens (tertiary/aromatic N) is 1. The molecule has 0 saturated carbocycles. The number of aromatic amines is 1. The number of nitrogens with one attached hydrogen (secondary N) is 15. The van der Waals surface area contributed by atoms with Crippen LogP contribution in [0.15, 0.2) is 60.8 Å². The Kier molecular flexibility index (Phi) is 54.4. The fourth-order valence-electron chi connectivity index (χ4n) is 14.7. The second kappa shape index (κ2) is 60.9. The predicted octanol–water partition coefficient (Wildman–Crippen LogP) is -1.90. The molecule has 0 fully saturated rings. The van der Waals surface area contributed by atoms with Crippen LogP contribution in [0.5, 0.6) is 0 Å². The molecule has 15 amide bonds. The molecule has 3 aromatic rings. The molecule has 0 bridgehead atoms. The number of rotatable bonds is 64. The van der Waals surface area contributed by atoms with Crippen LogP contribution in [0.3, 0.4) is 0 Å². The molecule has 0 aliphatic carbocycles. The number of halogens is 1. The number of nitrogens with two attached hydrogens (primary N) is 6. The van der Waals surface area contributed by atoms with Gasteiger partial charge in [0, 0.05) is 29.9 Å². The average Bonchev–Trinajstić information content (AvgIpc) is 1.70. The van der Waals surface area contributed by atoms with Crippen LogP contribution >= 0.6 is 0 Å². The van der Waals surface area contributed by atoms with Gasteiger partial charge >= 0.3 is 0 Å². The zero-order chi connectivity index (χ0) is 96.8. The average molecular weight is 1850 g/mol. The van der Waals surface area contributed by atoms with Gasteiger partial charge in [0.2, 0.25) is 88.6 Å². The van der Waals surface area contributed by atoms with Crippen molar-refractivity contribution in [3.63, 3.8) is 0 Å². The van der Waals surface area contributed by atoms with Crippen molar-refractivity contribution in [2.45, 2.75) is 309 Å². The second-order valence-electron chi connectivity index (χ2n) is 37.2. The van der Waals surface area contributed by atoms with Crippen molar-refractivity contribution in [2.24, 2.45) is 69.9 Å². The maximum atomic E-state index is 15.1. The molecule has 2 aromatic carbocycles. The van der Waals surface area contributed by atoms with Crippen LogP contribution in [0.4, 0.5) is 0 Å². The van der Waals surface area contributed by atoms with E-state index in [0.29, 0.717) is 112 Å². The lowest BCUT2D eigenvalue weighted by Crippen LogP contribution is -3.00. The summed E-state index contributed by atoms with van der Waals surface area (Å²) in [6, 6.07) is -0.872. The summed E-state index contributed by atoms with van der Waals surface area (Å²) in [5, 5.41) is 39.6. The highest BCUT2D eigenvalue weighted by Crippen LogP contribution is 2.22. The minimum absolute atomic E-state index is 0. The molecule has 3 rings (SSSR count). The fourth-order valence-corrected chi connectivity index (χ4v) is 14.7. The molecule has 1 heterocycles. The minimum atomic E-state index is -1.38. The Morgan fingerprint density at radius 3 is 1.15 bits per heavy atom. The monoisotopic (exact) mass is 1850 g/mol. The molecule has 0 aliphatic rings. The molecule has 0 radical (unpaired) electrons. The molecule has 0 unspecified atom stereocenters. The Labute approximate surface area is 775 Å². The third-order valence-corrected chi connectivity index (χ3v) is 22.4. The summed E-state index contributed by atoms with van der Waals surface area (Å²) in [7, 11) is 6.02. The topological polar surface area (TPSA) is 596 Å². The van der Waals surface area contributed by atoms with Crippen LogP contribution in [0.25, 0.3) is 10.9 Å². The molecular weight excluding hydrogens is 1690 g/mol. The van der Waals surface area contributed by atoms with Gasteiger partial charge in [0.05, 0.1) is 40.3 Å². The van der Waals surface area contributed by atoms with Gasteiger partial charge in [-0.15, -0.1) is 0 Å². The molecular formula is C92H159ClN22O15. The van der Waals surface area contributed by atoms with Crippen LogP contribution < -0.4 is 121 Å². The highest BCUT2D eigenvalue weighted by Gasteiger charge is 2.40. The van der Waals surface area contributed by atoms with Gasteiger partial charge in [-0.25, -0.2) is 0 Å². The molecule has 0 spiro atoms. The number of H-pyrrole nitrogens is 1. The number of amides is 15. The van der Waals surface area contributed by atoms with Crippen molar-refractivity contribution in [1.29, 1.82) is 0 Å². The summed E-state index contributed by atoms with van der Waals surface area (Å²) in [4.78, 5) is 217. The highest BCUT2D eigenvalue weighted by molar-refractivity contribution is 6.01. The van der Waals surface area contributed by atoms with Gasteiger partial charge in [0.25, 0.3) is 0 Å². The first-order valence-electron chi connectivity index (χ1n) is 46.3. The van der Waals surface area contributed by atoms with Gasteiger partial charge in [-0.1, -0.05) is 144 Å². The van der Waals surface area contributed by atoms with E-state index in [1.54, 1.807) is 78.1 Å². The third kappa shape index (κ3) is 43.4. The number of benzene rings is 2. The molecule has 37 nitrogen and oxygen atoms in total. The van der Waals surface area contributed by atoms with Crippen molar-refractivity contribution in [3.8, 4) is 0 Å². The van der Waals surface area contributed by atoms with Gasteiger partial charge in [0.15, 0.2) is 0 Å². The van der Waals surface area contributed by atoms with E-state index in [2.05, 4.69) is 79.4 Å². The fraction of sp³-hybridized carbons (Fsp3) is 0.685. The van der Waals surface area contributed by atoms with E-state index >= 15 is 14.4 Å².